The third kappa shape index (κ3) is 3.47. The van der Waals surface area contributed by atoms with Crippen LogP contribution < -0.4 is 16.3 Å². The van der Waals surface area contributed by atoms with Crippen LogP contribution in [-0.2, 0) is 20.5 Å². The number of rotatable bonds is 4. The highest BCUT2D eigenvalue weighted by Gasteiger charge is 2.15. The number of hydrogen-bond acceptors (Lipinski definition) is 2. The van der Waals surface area contributed by atoms with Crippen LogP contribution in [0.4, 0.5) is 4.79 Å². The van der Waals surface area contributed by atoms with E-state index in [1.807, 2.05) is 18.2 Å². The molecule has 0 atom stereocenters. The first-order chi connectivity index (χ1) is 11.6. The minimum atomic E-state index is -0.0740. The Hall–Kier alpha value is -2.24. The summed E-state index contributed by atoms with van der Waals surface area (Å²) in [4.78, 5) is 23.9. The molecule has 24 heavy (non-hydrogen) atoms. The molecule has 2 N–H and O–H groups in total. The fraction of sp³-hybridized carbons (Fsp3) is 0.556. The summed E-state index contributed by atoms with van der Waals surface area (Å²) in [6.45, 7) is 0.588. The molecule has 130 valence electrons. The van der Waals surface area contributed by atoms with Gasteiger partial charge in [0.2, 0.25) is 0 Å². The summed E-state index contributed by atoms with van der Waals surface area (Å²) < 4.78 is 3.30. The van der Waals surface area contributed by atoms with E-state index in [9.17, 15) is 9.59 Å². The number of aromatic nitrogens is 2. The molecule has 1 saturated carbocycles. The molecular formula is C18H26N4O2. The van der Waals surface area contributed by atoms with Gasteiger partial charge in [-0.3, -0.25) is 9.13 Å². The number of fused-ring (bicyclic) bond motifs is 1. The normalized spacial score (nSPS) is 15.6. The van der Waals surface area contributed by atoms with Gasteiger partial charge in [0.15, 0.2) is 0 Å². The van der Waals surface area contributed by atoms with Gasteiger partial charge in [-0.15, -0.1) is 0 Å². The van der Waals surface area contributed by atoms with E-state index in [1.165, 1.54) is 19.3 Å². The Morgan fingerprint density at radius 2 is 1.83 bits per heavy atom. The van der Waals surface area contributed by atoms with Crippen LogP contribution in [-0.4, -0.2) is 27.8 Å². The lowest BCUT2D eigenvalue weighted by molar-refractivity contribution is 0.233. The monoisotopic (exact) mass is 330 g/mol. The maximum atomic E-state index is 12.0. The van der Waals surface area contributed by atoms with Crippen molar-refractivity contribution >= 4 is 17.1 Å². The van der Waals surface area contributed by atoms with Crippen molar-refractivity contribution in [3.8, 4) is 0 Å². The maximum absolute atomic E-state index is 12.0. The molecule has 6 nitrogen and oxygen atoms in total. The van der Waals surface area contributed by atoms with Gasteiger partial charge in [-0.25, -0.2) is 9.59 Å². The lowest BCUT2D eigenvalue weighted by Gasteiger charge is -2.22. The largest absolute Gasteiger partial charge is 0.338 e. The van der Waals surface area contributed by atoms with Gasteiger partial charge >= 0.3 is 11.7 Å². The van der Waals surface area contributed by atoms with Crippen molar-refractivity contribution in [2.24, 2.45) is 14.1 Å². The number of amides is 2. The number of imidazole rings is 1. The van der Waals surface area contributed by atoms with Gasteiger partial charge in [-0.1, -0.05) is 25.3 Å². The van der Waals surface area contributed by atoms with Gasteiger partial charge in [0.25, 0.3) is 0 Å². The van der Waals surface area contributed by atoms with Gasteiger partial charge in [-0.2, -0.15) is 0 Å². The standard InChI is InChI=1S/C18H26N4O2/c1-21-15-9-8-13(12-16(15)22(2)18(21)24)10-11-19-17(23)20-14-6-4-3-5-7-14/h8-9,12,14H,3-7,10-11H2,1-2H3,(H2,19,20,23). The summed E-state index contributed by atoms with van der Waals surface area (Å²) >= 11 is 0. The zero-order chi connectivity index (χ0) is 17.1. The van der Waals surface area contributed by atoms with Gasteiger partial charge in [0.05, 0.1) is 11.0 Å². The third-order valence-corrected chi connectivity index (χ3v) is 4.98. The minimum Gasteiger partial charge on any atom is -0.338 e. The highest BCUT2D eigenvalue weighted by atomic mass is 16.2. The zero-order valence-electron chi connectivity index (χ0n) is 14.5. The van der Waals surface area contributed by atoms with E-state index < -0.39 is 0 Å². The van der Waals surface area contributed by atoms with Crippen LogP contribution in [0.5, 0.6) is 0 Å². The van der Waals surface area contributed by atoms with Crippen LogP contribution in [0.3, 0.4) is 0 Å². The van der Waals surface area contributed by atoms with Crippen LogP contribution in [0.25, 0.3) is 11.0 Å². The highest BCUT2D eigenvalue weighted by molar-refractivity contribution is 5.77. The van der Waals surface area contributed by atoms with Crippen LogP contribution in [0, 0.1) is 0 Å². The molecule has 0 aliphatic heterocycles. The Labute approximate surface area is 141 Å². The Morgan fingerprint density at radius 3 is 2.58 bits per heavy atom. The number of nitrogens with one attached hydrogen (secondary N) is 2. The van der Waals surface area contributed by atoms with Crippen molar-refractivity contribution in [1.82, 2.24) is 19.8 Å². The molecule has 1 aromatic heterocycles. The molecule has 0 saturated heterocycles. The highest BCUT2D eigenvalue weighted by Crippen LogP contribution is 2.17. The molecule has 1 heterocycles. The van der Waals surface area contributed by atoms with Gasteiger partial charge in [0.1, 0.15) is 0 Å². The van der Waals surface area contributed by atoms with Crippen LogP contribution in [0.2, 0.25) is 0 Å². The van der Waals surface area contributed by atoms with E-state index >= 15 is 0 Å². The van der Waals surface area contributed by atoms with Crippen molar-refractivity contribution < 1.29 is 4.79 Å². The molecule has 0 spiro atoms. The first-order valence-electron chi connectivity index (χ1n) is 8.75. The molecule has 1 fully saturated rings. The molecule has 0 radical (unpaired) electrons. The second-order valence-corrected chi connectivity index (χ2v) is 6.71. The van der Waals surface area contributed by atoms with Crippen molar-refractivity contribution in [2.75, 3.05) is 6.54 Å². The lowest BCUT2D eigenvalue weighted by Crippen LogP contribution is -2.43. The number of carbonyl (C=O) groups excluding carboxylic acids is 1. The number of benzene rings is 1. The smallest absolute Gasteiger partial charge is 0.328 e. The van der Waals surface area contributed by atoms with Gasteiger partial charge in [-0.05, 0) is 37.0 Å². The summed E-state index contributed by atoms with van der Waals surface area (Å²) in [6.07, 6.45) is 6.63. The van der Waals surface area contributed by atoms with Crippen molar-refractivity contribution in [3.63, 3.8) is 0 Å². The molecule has 0 unspecified atom stereocenters. The van der Waals surface area contributed by atoms with E-state index in [-0.39, 0.29) is 11.7 Å². The van der Waals surface area contributed by atoms with Crippen LogP contribution in [0.15, 0.2) is 23.0 Å². The summed E-state index contributed by atoms with van der Waals surface area (Å²) in [6, 6.07) is 6.26. The minimum absolute atomic E-state index is 0.0212. The first-order valence-corrected chi connectivity index (χ1v) is 8.75. The molecule has 1 aliphatic carbocycles. The second kappa shape index (κ2) is 7.11. The maximum Gasteiger partial charge on any atom is 0.328 e. The molecule has 2 amide bonds. The fourth-order valence-electron chi connectivity index (χ4n) is 3.51. The average molecular weight is 330 g/mol. The first kappa shape index (κ1) is 16.6. The van der Waals surface area contributed by atoms with Gasteiger partial charge < -0.3 is 10.6 Å². The average Bonchev–Trinajstić information content (AvgIpc) is 2.80. The predicted octanol–water partition coefficient (Wildman–Crippen LogP) is 2.05. The summed E-state index contributed by atoms with van der Waals surface area (Å²) in [5, 5.41) is 5.99. The SMILES string of the molecule is Cn1c(=O)n(C)c2cc(CCNC(=O)NC3CCCCC3)ccc21. The summed E-state index contributed by atoms with van der Waals surface area (Å²) in [7, 11) is 3.56. The van der Waals surface area contributed by atoms with E-state index in [0.29, 0.717) is 12.6 Å². The van der Waals surface area contributed by atoms with Crippen molar-refractivity contribution in [2.45, 2.75) is 44.6 Å². The number of aryl methyl sites for hydroxylation is 2. The number of nitrogens with zero attached hydrogens (tertiary/aromatic N) is 2. The molecule has 1 aliphatic rings. The molecular weight excluding hydrogens is 304 g/mol. The Balaban J connectivity index is 1.55. The summed E-state index contributed by atoms with van der Waals surface area (Å²) in [5.41, 5.74) is 2.94. The molecule has 1 aromatic carbocycles. The fourth-order valence-corrected chi connectivity index (χ4v) is 3.51. The molecule has 6 heteroatoms. The Morgan fingerprint density at radius 1 is 1.12 bits per heavy atom. The van der Waals surface area contributed by atoms with E-state index in [0.717, 1.165) is 35.9 Å². The van der Waals surface area contributed by atoms with E-state index in [1.54, 1.807) is 23.2 Å². The number of carbonyl (C=O) groups is 1. The van der Waals surface area contributed by atoms with Crippen molar-refractivity contribution in [3.05, 3.63) is 34.2 Å². The third-order valence-electron chi connectivity index (χ3n) is 4.98. The molecule has 3 rings (SSSR count). The topological polar surface area (TPSA) is 68.1 Å². The zero-order valence-corrected chi connectivity index (χ0v) is 14.5. The van der Waals surface area contributed by atoms with E-state index in [2.05, 4.69) is 10.6 Å². The van der Waals surface area contributed by atoms with Gasteiger partial charge in [0, 0.05) is 26.7 Å². The predicted molar refractivity (Wildman–Crippen MR) is 95.3 cm³/mol. The Kier molecular flexibility index (Phi) is 4.92. The molecule has 2 aromatic rings. The number of hydrogen-bond donors (Lipinski definition) is 2. The Bertz CT molecular complexity index is 784. The molecule has 0 bridgehead atoms. The second-order valence-electron chi connectivity index (χ2n) is 6.71. The number of urea groups is 1. The summed E-state index contributed by atoms with van der Waals surface area (Å²) in [5.74, 6) is 0. The van der Waals surface area contributed by atoms with E-state index in [4.69, 9.17) is 0 Å². The van der Waals surface area contributed by atoms with Crippen LogP contribution >= 0.6 is 0 Å². The lowest BCUT2D eigenvalue weighted by atomic mass is 9.96. The van der Waals surface area contributed by atoms with Crippen molar-refractivity contribution in [1.29, 1.82) is 0 Å². The van der Waals surface area contributed by atoms with Crippen LogP contribution in [0.1, 0.15) is 37.7 Å². The quantitative estimate of drug-likeness (QED) is 0.901.